The Morgan fingerprint density at radius 3 is 2.27 bits per heavy atom. The van der Waals surface area contributed by atoms with E-state index >= 15 is 0 Å². The molecule has 0 amide bonds. The van der Waals surface area contributed by atoms with E-state index in [0.717, 1.165) is 30.6 Å². The molecule has 0 aliphatic carbocycles. The van der Waals surface area contributed by atoms with Crippen LogP contribution in [0, 0.1) is 0 Å². The van der Waals surface area contributed by atoms with Gasteiger partial charge in [0.15, 0.2) is 6.10 Å². The molecular formula is C24H31ClO4S. The van der Waals surface area contributed by atoms with Gasteiger partial charge >= 0.3 is 5.97 Å². The summed E-state index contributed by atoms with van der Waals surface area (Å²) in [5.41, 5.74) is 0.601. The van der Waals surface area contributed by atoms with E-state index in [9.17, 15) is 4.79 Å². The number of esters is 1. The number of benzene rings is 2. The van der Waals surface area contributed by atoms with Crippen molar-refractivity contribution < 1.29 is 19.0 Å². The van der Waals surface area contributed by atoms with Crippen LogP contribution in [0.5, 0.6) is 11.5 Å². The fourth-order valence-corrected chi connectivity index (χ4v) is 3.24. The lowest BCUT2D eigenvalue weighted by atomic mass is 10.1. The molecule has 6 heteroatoms. The minimum absolute atomic E-state index is 0.391. The summed E-state index contributed by atoms with van der Waals surface area (Å²) in [6.45, 7) is 4.30. The molecule has 2 rings (SSSR count). The summed E-state index contributed by atoms with van der Waals surface area (Å²) in [5.74, 6) is 0.950. The summed E-state index contributed by atoms with van der Waals surface area (Å²) < 4.78 is 16.8. The Labute approximate surface area is 190 Å². The van der Waals surface area contributed by atoms with Gasteiger partial charge in [0, 0.05) is 5.02 Å². The van der Waals surface area contributed by atoms with E-state index < -0.39 is 17.5 Å². The summed E-state index contributed by atoms with van der Waals surface area (Å²) >= 11 is 10.2. The highest BCUT2D eigenvalue weighted by Gasteiger charge is 2.19. The number of carbonyl (C=O) groups is 1. The second-order valence-corrected chi connectivity index (χ2v) is 8.25. The van der Waals surface area contributed by atoms with Crippen LogP contribution in [-0.4, -0.2) is 17.5 Å². The Bertz CT molecular complexity index is 749. The smallest absolute Gasteiger partial charge is 0.348 e. The number of hydrogen-bond acceptors (Lipinski definition) is 5. The zero-order chi connectivity index (χ0) is 21.8. The van der Waals surface area contributed by atoms with Crippen LogP contribution in [0.2, 0.25) is 5.02 Å². The van der Waals surface area contributed by atoms with Crippen LogP contribution < -0.4 is 9.47 Å². The number of hydrogen-bond donors (Lipinski definition) is 1. The molecule has 0 aliphatic heterocycles. The lowest BCUT2D eigenvalue weighted by Crippen LogP contribution is -2.28. The number of rotatable bonds is 13. The fourth-order valence-electron chi connectivity index (χ4n) is 2.83. The normalized spacial score (nSPS) is 12.8. The first-order valence-corrected chi connectivity index (χ1v) is 11.4. The average molecular weight is 451 g/mol. The Hall–Kier alpha value is -1.85. The van der Waals surface area contributed by atoms with Crippen LogP contribution in [-0.2, 0) is 16.1 Å². The van der Waals surface area contributed by atoms with Crippen molar-refractivity contribution in [3.63, 3.8) is 0 Å². The first-order valence-electron chi connectivity index (χ1n) is 10.5. The van der Waals surface area contributed by atoms with Crippen molar-refractivity contribution in [2.24, 2.45) is 0 Å². The van der Waals surface area contributed by atoms with Gasteiger partial charge in [0.1, 0.15) is 23.5 Å². The highest BCUT2D eigenvalue weighted by molar-refractivity contribution is 7.80. The molecule has 0 aliphatic rings. The topological polar surface area (TPSA) is 44.8 Å². The molecule has 0 N–H and O–H groups in total. The summed E-state index contributed by atoms with van der Waals surface area (Å²) in [6, 6.07) is 14.7. The molecule has 0 heterocycles. The van der Waals surface area contributed by atoms with E-state index in [1.54, 1.807) is 19.1 Å². The minimum Gasteiger partial charge on any atom is -0.489 e. The van der Waals surface area contributed by atoms with Gasteiger partial charge in [-0.05, 0) is 61.7 Å². The van der Waals surface area contributed by atoms with Crippen molar-refractivity contribution in [2.45, 2.75) is 70.5 Å². The van der Waals surface area contributed by atoms with Gasteiger partial charge in [-0.25, -0.2) is 4.79 Å². The molecule has 2 unspecified atom stereocenters. The molecule has 2 aromatic rings. The van der Waals surface area contributed by atoms with Gasteiger partial charge in [-0.1, -0.05) is 56.3 Å². The highest BCUT2D eigenvalue weighted by atomic mass is 35.5. The van der Waals surface area contributed by atoms with Gasteiger partial charge < -0.3 is 14.2 Å². The van der Waals surface area contributed by atoms with Crippen molar-refractivity contribution in [1.29, 1.82) is 0 Å². The first-order chi connectivity index (χ1) is 14.5. The largest absolute Gasteiger partial charge is 0.489 e. The van der Waals surface area contributed by atoms with E-state index in [4.69, 9.17) is 25.8 Å². The molecule has 2 aromatic carbocycles. The Kier molecular flexibility index (Phi) is 11.0. The Morgan fingerprint density at radius 1 is 0.967 bits per heavy atom. The van der Waals surface area contributed by atoms with E-state index in [0.29, 0.717) is 17.4 Å². The molecule has 30 heavy (non-hydrogen) atoms. The molecule has 0 bridgehead atoms. The van der Waals surface area contributed by atoms with Crippen LogP contribution in [0.15, 0.2) is 48.5 Å². The molecule has 164 valence electrons. The Balaban J connectivity index is 1.71. The molecule has 4 nitrogen and oxygen atoms in total. The lowest BCUT2D eigenvalue weighted by molar-refractivity contribution is -0.152. The Morgan fingerprint density at radius 2 is 1.60 bits per heavy atom. The van der Waals surface area contributed by atoms with Crippen LogP contribution in [0.4, 0.5) is 0 Å². The molecule has 0 fully saturated rings. The predicted octanol–water partition coefficient (Wildman–Crippen LogP) is 6.85. The summed E-state index contributed by atoms with van der Waals surface area (Å²) in [7, 11) is 0. The maximum atomic E-state index is 12.2. The van der Waals surface area contributed by atoms with Crippen LogP contribution in [0.25, 0.3) is 0 Å². The summed E-state index contributed by atoms with van der Waals surface area (Å²) in [4.78, 5) is 12.2. The van der Waals surface area contributed by atoms with Gasteiger partial charge in [-0.15, -0.1) is 12.6 Å². The maximum absolute atomic E-state index is 12.2. The standard InChI is InChI=1S/C24H31ClO4S/c1-3-4-5-6-7-8-23(30)29-24(26)18(2)28-22-13-9-19(10-14-22)17-27-21-15-11-20(25)12-16-21/h9-16,18,23,30H,3-8,17H2,1-2H3. The zero-order valence-electron chi connectivity index (χ0n) is 17.7. The third-order valence-corrected chi connectivity index (χ3v) is 5.21. The molecular weight excluding hydrogens is 420 g/mol. The van der Waals surface area contributed by atoms with Crippen molar-refractivity contribution >= 4 is 30.2 Å². The highest BCUT2D eigenvalue weighted by Crippen LogP contribution is 2.19. The molecule has 0 saturated heterocycles. The van der Waals surface area contributed by atoms with Gasteiger partial charge in [0.25, 0.3) is 0 Å². The molecule has 0 aromatic heterocycles. The monoisotopic (exact) mass is 450 g/mol. The fraction of sp³-hybridized carbons (Fsp3) is 0.458. The second kappa shape index (κ2) is 13.5. The first kappa shape index (κ1) is 24.4. The molecule has 0 radical (unpaired) electrons. The number of halogens is 1. The van der Waals surface area contributed by atoms with Crippen molar-refractivity contribution in [3.05, 3.63) is 59.1 Å². The minimum atomic E-state index is -0.698. The van der Waals surface area contributed by atoms with Crippen molar-refractivity contribution in [3.8, 4) is 11.5 Å². The lowest BCUT2D eigenvalue weighted by Gasteiger charge is -2.17. The van der Waals surface area contributed by atoms with E-state index in [2.05, 4.69) is 19.6 Å². The van der Waals surface area contributed by atoms with Crippen LogP contribution >= 0.6 is 24.2 Å². The van der Waals surface area contributed by atoms with Crippen molar-refractivity contribution in [2.75, 3.05) is 0 Å². The van der Waals surface area contributed by atoms with E-state index in [-0.39, 0.29) is 0 Å². The van der Waals surface area contributed by atoms with Gasteiger partial charge in [0.2, 0.25) is 0 Å². The number of thiol groups is 1. The maximum Gasteiger partial charge on any atom is 0.348 e. The number of unbranched alkanes of at least 4 members (excludes halogenated alkanes) is 4. The third kappa shape index (κ3) is 9.31. The summed E-state index contributed by atoms with van der Waals surface area (Å²) in [6.07, 6.45) is 5.88. The summed E-state index contributed by atoms with van der Waals surface area (Å²) in [5, 5.41) is 0.674. The molecule has 0 spiro atoms. The van der Waals surface area contributed by atoms with Crippen LogP contribution in [0.1, 0.15) is 57.9 Å². The van der Waals surface area contributed by atoms with Gasteiger partial charge in [0.05, 0.1) is 0 Å². The van der Waals surface area contributed by atoms with Crippen molar-refractivity contribution in [1.82, 2.24) is 0 Å². The van der Waals surface area contributed by atoms with E-state index in [1.807, 2.05) is 36.4 Å². The van der Waals surface area contributed by atoms with Gasteiger partial charge in [-0.3, -0.25) is 0 Å². The van der Waals surface area contributed by atoms with E-state index in [1.165, 1.54) is 19.3 Å². The molecule has 2 atom stereocenters. The second-order valence-electron chi connectivity index (χ2n) is 7.24. The SMILES string of the molecule is CCCCCCCC(S)OC(=O)C(C)Oc1ccc(COc2ccc(Cl)cc2)cc1. The average Bonchev–Trinajstić information content (AvgIpc) is 2.74. The van der Waals surface area contributed by atoms with Crippen LogP contribution in [0.3, 0.4) is 0 Å². The number of carbonyl (C=O) groups excluding carboxylic acids is 1. The quantitative estimate of drug-likeness (QED) is 0.157. The molecule has 0 saturated carbocycles. The zero-order valence-corrected chi connectivity index (χ0v) is 19.3. The predicted molar refractivity (Wildman–Crippen MR) is 125 cm³/mol. The third-order valence-electron chi connectivity index (χ3n) is 4.59. The number of ether oxygens (including phenoxy) is 3. The van der Waals surface area contributed by atoms with Gasteiger partial charge in [-0.2, -0.15) is 0 Å².